The van der Waals surface area contributed by atoms with Crippen LogP contribution in [0.2, 0.25) is 0 Å². The number of esters is 1. The number of fused-ring (bicyclic) bond motifs is 1. The van der Waals surface area contributed by atoms with Gasteiger partial charge in [0.25, 0.3) is 15.9 Å². The quantitative estimate of drug-likeness (QED) is 0.173. The van der Waals surface area contributed by atoms with Gasteiger partial charge in [0, 0.05) is 10.9 Å². The molecule has 0 bridgehead atoms. The van der Waals surface area contributed by atoms with Crippen molar-refractivity contribution in [1.29, 1.82) is 0 Å². The molecule has 0 N–H and O–H groups in total. The second kappa shape index (κ2) is 12.0. The lowest BCUT2D eigenvalue weighted by Gasteiger charge is -2.24. The number of amides is 1. The van der Waals surface area contributed by atoms with Crippen molar-refractivity contribution >= 4 is 38.6 Å². The third kappa shape index (κ3) is 5.44. The van der Waals surface area contributed by atoms with Crippen molar-refractivity contribution in [2.24, 2.45) is 0 Å². The van der Waals surface area contributed by atoms with Gasteiger partial charge in [-0.2, -0.15) is 4.31 Å². The molecule has 10 heteroatoms. The largest absolute Gasteiger partial charge is 0.496 e. The summed E-state index contributed by atoms with van der Waals surface area (Å²) in [5, 5.41) is 0.277. The number of hydrogen-bond donors (Lipinski definition) is 0. The van der Waals surface area contributed by atoms with E-state index in [9.17, 15) is 18.0 Å². The Morgan fingerprint density at radius 2 is 1.47 bits per heavy atom. The van der Waals surface area contributed by atoms with E-state index in [2.05, 4.69) is 0 Å². The monoisotopic (exact) mass is 599 g/mol. The minimum absolute atomic E-state index is 0.0306. The van der Waals surface area contributed by atoms with Crippen molar-refractivity contribution < 1.29 is 36.6 Å². The molecule has 220 valence electrons. The van der Waals surface area contributed by atoms with Gasteiger partial charge in [0.2, 0.25) is 0 Å². The number of nitrogens with zero attached hydrogens (tertiary/aromatic N) is 1. The average molecular weight is 600 g/mol. The van der Waals surface area contributed by atoms with Gasteiger partial charge in [-0.05, 0) is 56.3 Å². The van der Waals surface area contributed by atoms with Crippen LogP contribution in [0.1, 0.15) is 33.2 Å². The summed E-state index contributed by atoms with van der Waals surface area (Å²) in [6.07, 6.45) is 0. The van der Waals surface area contributed by atoms with Crippen LogP contribution in [-0.2, 0) is 14.8 Å². The number of carbonyl (C=O) groups excluding carboxylic acids is 2. The summed E-state index contributed by atoms with van der Waals surface area (Å²) in [5.74, 6) is -1.06. The minimum atomic E-state index is -4.50. The number of anilines is 1. The molecule has 0 aliphatic heterocycles. The van der Waals surface area contributed by atoms with Gasteiger partial charge in [-0.15, -0.1) is 0 Å². The summed E-state index contributed by atoms with van der Waals surface area (Å²) in [6, 6.07) is 24.3. The van der Waals surface area contributed by atoms with E-state index in [1.165, 1.54) is 56.7 Å². The third-order valence-corrected chi connectivity index (χ3v) is 8.53. The van der Waals surface area contributed by atoms with E-state index in [4.69, 9.17) is 18.6 Å². The van der Waals surface area contributed by atoms with E-state index in [0.717, 1.165) is 5.56 Å². The number of aryl methyl sites for hydroxylation is 1. The Morgan fingerprint density at radius 3 is 2.07 bits per heavy atom. The molecule has 0 radical (unpaired) electrons. The maximum Gasteiger partial charge on any atom is 0.342 e. The molecule has 43 heavy (non-hydrogen) atoms. The molecule has 9 nitrogen and oxygen atoms in total. The van der Waals surface area contributed by atoms with Crippen molar-refractivity contribution in [1.82, 2.24) is 0 Å². The fraction of sp³-hybridized carbons (Fsp3) is 0.152. The predicted molar refractivity (Wildman–Crippen MR) is 162 cm³/mol. The first-order valence-corrected chi connectivity index (χ1v) is 14.8. The summed E-state index contributed by atoms with van der Waals surface area (Å²) in [5.41, 5.74) is 1.77. The first kappa shape index (κ1) is 29.4. The fourth-order valence-electron chi connectivity index (χ4n) is 4.76. The molecule has 1 amide bonds. The summed E-state index contributed by atoms with van der Waals surface area (Å²) in [4.78, 5) is 27.5. The van der Waals surface area contributed by atoms with Crippen LogP contribution in [0.15, 0.2) is 100 Å². The molecule has 0 unspecified atom stereocenters. The molecule has 0 aliphatic carbocycles. The number of rotatable bonds is 9. The van der Waals surface area contributed by atoms with Crippen LogP contribution in [0.3, 0.4) is 0 Å². The number of sulfonamides is 1. The molecule has 0 spiro atoms. The molecule has 1 heterocycles. The molecular formula is C33H29NO8S. The zero-order valence-electron chi connectivity index (χ0n) is 24.0. The molecule has 0 atom stereocenters. The second-order valence-corrected chi connectivity index (χ2v) is 11.3. The van der Waals surface area contributed by atoms with E-state index in [0.29, 0.717) is 15.5 Å². The molecule has 0 saturated heterocycles. The lowest BCUT2D eigenvalue weighted by Crippen LogP contribution is -2.37. The zero-order valence-corrected chi connectivity index (χ0v) is 24.8. The number of methoxy groups -OCH3 is 2. The summed E-state index contributed by atoms with van der Waals surface area (Å²) < 4.78 is 51.5. The maximum atomic E-state index is 14.3. The molecule has 0 saturated carbocycles. The topological polar surface area (TPSA) is 112 Å². The van der Waals surface area contributed by atoms with Gasteiger partial charge in [0.15, 0.2) is 0 Å². The van der Waals surface area contributed by atoms with E-state index in [1.54, 1.807) is 49.4 Å². The van der Waals surface area contributed by atoms with Crippen LogP contribution >= 0.6 is 0 Å². The normalized spacial score (nSPS) is 11.3. The number of carbonyl (C=O) groups is 2. The Hall–Kier alpha value is -5.09. The highest BCUT2D eigenvalue weighted by Crippen LogP contribution is 2.39. The van der Waals surface area contributed by atoms with E-state index in [-0.39, 0.29) is 51.0 Å². The molecule has 1 aromatic heterocycles. The minimum Gasteiger partial charge on any atom is -0.496 e. The van der Waals surface area contributed by atoms with Gasteiger partial charge in [-0.25, -0.2) is 13.2 Å². The number of hydrogen-bond acceptors (Lipinski definition) is 8. The second-order valence-electron chi connectivity index (χ2n) is 9.50. The van der Waals surface area contributed by atoms with Crippen molar-refractivity contribution in [3.05, 3.63) is 108 Å². The maximum absolute atomic E-state index is 14.3. The number of furan rings is 1. The van der Waals surface area contributed by atoms with Crippen molar-refractivity contribution in [2.45, 2.75) is 18.7 Å². The predicted octanol–water partition coefficient (Wildman–Crippen LogP) is 6.64. The van der Waals surface area contributed by atoms with E-state index in [1.807, 2.05) is 13.0 Å². The van der Waals surface area contributed by atoms with Crippen LogP contribution in [0.5, 0.6) is 11.5 Å². The first-order valence-electron chi connectivity index (χ1n) is 13.4. The van der Waals surface area contributed by atoms with Crippen molar-refractivity contribution in [2.75, 3.05) is 25.1 Å². The third-order valence-electron chi connectivity index (χ3n) is 6.81. The van der Waals surface area contributed by atoms with Gasteiger partial charge in [-0.3, -0.25) is 4.79 Å². The summed E-state index contributed by atoms with van der Waals surface area (Å²) >= 11 is 0. The molecule has 0 aliphatic rings. The highest BCUT2D eigenvalue weighted by atomic mass is 32.2. The molecule has 5 rings (SSSR count). The first-order chi connectivity index (χ1) is 20.7. The van der Waals surface area contributed by atoms with Gasteiger partial charge >= 0.3 is 5.97 Å². The van der Waals surface area contributed by atoms with Crippen LogP contribution in [0.4, 0.5) is 5.69 Å². The van der Waals surface area contributed by atoms with Crippen LogP contribution in [0, 0.1) is 6.92 Å². The Balaban J connectivity index is 1.79. The molecular weight excluding hydrogens is 570 g/mol. The van der Waals surface area contributed by atoms with Gasteiger partial charge < -0.3 is 18.6 Å². The summed E-state index contributed by atoms with van der Waals surface area (Å²) in [6.45, 7) is 3.62. The highest BCUT2D eigenvalue weighted by Gasteiger charge is 2.36. The van der Waals surface area contributed by atoms with Crippen LogP contribution in [0.25, 0.3) is 22.3 Å². The smallest absolute Gasteiger partial charge is 0.342 e. The Morgan fingerprint density at radius 1 is 0.814 bits per heavy atom. The Labute approximate surface area is 249 Å². The highest BCUT2D eigenvalue weighted by molar-refractivity contribution is 7.93. The SMILES string of the molecule is CCOC(=O)c1c(-c2ccccc2)oc2ccc(N(C(=O)c3c(OC)cccc3OC)S(=O)(=O)c3ccc(C)cc3)cc12. The fourth-order valence-corrected chi connectivity index (χ4v) is 6.15. The lowest BCUT2D eigenvalue weighted by molar-refractivity contribution is 0.0528. The zero-order chi connectivity index (χ0) is 30.7. The standard InChI is InChI=1S/C33H29NO8S/c1-5-41-33(36)29-25-20-23(16-19-26(25)42-31(29)22-10-7-6-8-11-22)34(43(37,38)24-17-14-21(2)15-18-24)32(35)30-27(39-3)12-9-13-28(30)40-4/h6-20H,5H2,1-4H3. The summed E-state index contributed by atoms with van der Waals surface area (Å²) in [7, 11) is -1.75. The van der Waals surface area contributed by atoms with Crippen molar-refractivity contribution in [3.8, 4) is 22.8 Å². The van der Waals surface area contributed by atoms with Gasteiger partial charge in [-0.1, -0.05) is 54.1 Å². The lowest BCUT2D eigenvalue weighted by atomic mass is 10.0. The van der Waals surface area contributed by atoms with Gasteiger partial charge in [0.1, 0.15) is 34.0 Å². The Bertz CT molecular complexity index is 1890. The molecule has 4 aromatic carbocycles. The Kier molecular flexibility index (Phi) is 8.22. The van der Waals surface area contributed by atoms with Crippen LogP contribution < -0.4 is 13.8 Å². The van der Waals surface area contributed by atoms with Crippen LogP contribution in [-0.4, -0.2) is 41.1 Å². The molecule has 5 aromatic rings. The van der Waals surface area contributed by atoms with Crippen molar-refractivity contribution in [3.63, 3.8) is 0 Å². The van der Waals surface area contributed by atoms with E-state index < -0.39 is 21.9 Å². The average Bonchev–Trinajstić information content (AvgIpc) is 3.40. The molecule has 0 fully saturated rings. The van der Waals surface area contributed by atoms with Gasteiger partial charge in [0.05, 0.1) is 31.4 Å². The number of benzene rings is 4. The van der Waals surface area contributed by atoms with E-state index >= 15 is 0 Å². The number of ether oxygens (including phenoxy) is 3.